The van der Waals surface area contributed by atoms with E-state index in [1.54, 1.807) is 0 Å². The Hall–Kier alpha value is -4.57. The molecular formula is C30H22F6N2O6S2. The fourth-order valence-corrected chi connectivity index (χ4v) is 5.68. The fraction of sp³-hybridized carbons (Fsp3) is 0.200. The van der Waals surface area contributed by atoms with Crippen molar-refractivity contribution in [1.29, 1.82) is 0 Å². The van der Waals surface area contributed by atoms with E-state index in [-0.39, 0.29) is 56.4 Å². The SMILES string of the molecule is COc1cc(C=C2SC(=S)N(CCC(=O)Nc3ccc(C(=O)O)cc3)C2=O)cc(-c2cc(C(F)(F)F)cc(C(F)(F)F)c2)c1OC. The molecule has 0 bridgehead atoms. The Morgan fingerprint density at radius 1 is 0.957 bits per heavy atom. The normalized spacial score (nSPS) is 14.5. The molecule has 1 saturated heterocycles. The number of ether oxygens (including phenoxy) is 2. The van der Waals surface area contributed by atoms with E-state index in [0.29, 0.717) is 17.8 Å². The van der Waals surface area contributed by atoms with E-state index in [1.807, 2.05) is 0 Å². The van der Waals surface area contributed by atoms with Crippen molar-refractivity contribution in [2.45, 2.75) is 18.8 Å². The number of alkyl halides is 6. The van der Waals surface area contributed by atoms with Gasteiger partial charge in [0, 0.05) is 24.2 Å². The summed E-state index contributed by atoms with van der Waals surface area (Å²) < 4.78 is 92.2. The van der Waals surface area contributed by atoms with Gasteiger partial charge >= 0.3 is 18.3 Å². The van der Waals surface area contributed by atoms with Gasteiger partial charge in [-0.1, -0.05) is 24.0 Å². The third-order valence-electron chi connectivity index (χ3n) is 6.55. The quantitative estimate of drug-likeness (QED) is 0.137. The maximum Gasteiger partial charge on any atom is 0.416 e. The molecule has 0 aliphatic carbocycles. The Kier molecular flexibility index (Phi) is 10.0. The average Bonchev–Trinajstić information content (AvgIpc) is 3.25. The summed E-state index contributed by atoms with van der Waals surface area (Å²) in [5, 5.41) is 11.6. The topological polar surface area (TPSA) is 105 Å². The van der Waals surface area contributed by atoms with Gasteiger partial charge in [0.15, 0.2) is 11.5 Å². The molecular weight excluding hydrogens is 662 g/mol. The van der Waals surface area contributed by atoms with Gasteiger partial charge in [-0.05, 0) is 71.8 Å². The number of carboxylic acids is 1. The van der Waals surface area contributed by atoms with Crippen LogP contribution in [-0.4, -0.2) is 52.9 Å². The van der Waals surface area contributed by atoms with Gasteiger partial charge in [-0.25, -0.2) is 4.79 Å². The third kappa shape index (κ3) is 7.80. The highest BCUT2D eigenvalue weighted by Crippen LogP contribution is 2.44. The molecule has 4 rings (SSSR count). The minimum absolute atomic E-state index is 0.0116. The summed E-state index contributed by atoms with van der Waals surface area (Å²) >= 11 is 6.19. The second kappa shape index (κ2) is 13.4. The standard InChI is InChI=1S/C30H22F6N2O6S2/c1-43-22-10-15(9-21(25(22)44-2)17-12-18(29(31,32)33)14-19(13-17)30(34,35)36)11-23-26(40)38(28(45)46-23)8-7-24(39)37-20-5-3-16(4-6-20)27(41)42/h3-6,9-14H,7-8H2,1-2H3,(H,37,39)(H,41,42). The Morgan fingerprint density at radius 2 is 1.57 bits per heavy atom. The Morgan fingerprint density at radius 3 is 2.09 bits per heavy atom. The van der Waals surface area contributed by atoms with Crippen molar-refractivity contribution in [3.63, 3.8) is 0 Å². The first-order valence-corrected chi connectivity index (χ1v) is 14.2. The zero-order chi connectivity index (χ0) is 34.0. The highest BCUT2D eigenvalue weighted by atomic mass is 32.2. The summed E-state index contributed by atoms with van der Waals surface area (Å²) in [5.74, 6) is -2.35. The molecule has 46 heavy (non-hydrogen) atoms. The molecule has 0 spiro atoms. The van der Waals surface area contributed by atoms with Crippen LogP contribution in [0.5, 0.6) is 11.5 Å². The number of thiocarbonyl (C=S) groups is 1. The lowest BCUT2D eigenvalue weighted by Gasteiger charge is -2.18. The number of halogens is 6. The van der Waals surface area contributed by atoms with Crippen LogP contribution in [0.4, 0.5) is 32.0 Å². The van der Waals surface area contributed by atoms with Crippen LogP contribution in [0, 0.1) is 0 Å². The molecule has 3 aromatic rings. The number of nitrogens with one attached hydrogen (secondary N) is 1. The van der Waals surface area contributed by atoms with Crippen LogP contribution in [0.2, 0.25) is 0 Å². The number of carbonyl (C=O) groups excluding carboxylic acids is 2. The lowest BCUT2D eigenvalue weighted by atomic mass is 9.96. The zero-order valence-electron chi connectivity index (χ0n) is 23.7. The predicted molar refractivity (Wildman–Crippen MR) is 162 cm³/mol. The molecule has 8 nitrogen and oxygen atoms in total. The van der Waals surface area contributed by atoms with Crippen molar-refractivity contribution < 1.29 is 55.3 Å². The molecule has 1 aliphatic rings. The minimum atomic E-state index is -5.08. The van der Waals surface area contributed by atoms with Gasteiger partial charge in [0.2, 0.25) is 5.91 Å². The summed E-state index contributed by atoms with van der Waals surface area (Å²) in [7, 11) is 2.40. The van der Waals surface area contributed by atoms with Crippen LogP contribution < -0.4 is 14.8 Å². The molecule has 0 radical (unpaired) electrons. The molecule has 242 valence electrons. The number of hydrogen-bond acceptors (Lipinski definition) is 7. The van der Waals surface area contributed by atoms with Crippen LogP contribution in [0.3, 0.4) is 0 Å². The lowest BCUT2D eigenvalue weighted by Crippen LogP contribution is -2.31. The van der Waals surface area contributed by atoms with E-state index in [9.17, 15) is 40.7 Å². The van der Waals surface area contributed by atoms with Crippen LogP contribution in [0.1, 0.15) is 33.5 Å². The first-order valence-electron chi connectivity index (χ1n) is 13.0. The molecule has 0 aromatic heterocycles. The van der Waals surface area contributed by atoms with E-state index in [1.165, 1.54) is 61.6 Å². The van der Waals surface area contributed by atoms with Crippen LogP contribution in [-0.2, 0) is 21.9 Å². The van der Waals surface area contributed by atoms with Crippen molar-refractivity contribution in [3.8, 4) is 22.6 Å². The summed E-state index contributed by atoms with van der Waals surface area (Å²) in [6.45, 7) is -0.108. The molecule has 1 heterocycles. The zero-order valence-corrected chi connectivity index (χ0v) is 25.3. The minimum Gasteiger partial charge on any atom is -0.493 e. The van der Waals surface area contributed by atoms with Gasteiger partial charge in [0.25, 0.3) is 5.91 Å². The average molecular weight is 685 g/mol. The second-order valence-corrected chi connectivity index (χ2v) is 11.3. The Bertz CT molecular complexity index is 1710. The molecule has 2 N–H and O–H groups in total. The molecule has 0 unspecified atom stereocenters. The monoisotopic (exact) mass is 684 g/mol. The molecule has 16 heteroatoms. The van der Waals surface area contributed by atoms with Crippen LogP contribution >= 0.6 is 24.0 Å². The van der Waals surface area contributed by atoms with Gasteiger partial charge < -0.3 is 19.9 Å². The number of amides is 2. The van der Waals surface area contributed by atoms with E-state index < -0.39 is 46.8 Å². The smallest absolute Gasteiger partial charge is 0.416 e. The number of rotatable bonds is 9. The van der Waals surface area contributed by atoms with Gasteiger partial charge in [-0.3, -0.25) is 14.5 Å². The third-order valence-corrected chi connectivity index (χ3v) is 7.93. The van der Waals surface area contributed by atoms with Gasteiger partial charge in [-0.2, -0.15) is 26.3 Å². The summed E-state index contributed by atoms with van der Waals surface area (Å²) in [6.07, 6.45) is -8.99. The fourth-order valence-electron chi connectivity index (χ4n) is 4.37. The number of anilines is 1. The predicted octanol–water partition coefficient (Wildman–Crippen LogP) is 7.34. The lowest BCUT2D eigenvalue weighted by molar-refractivity contribution is -0.143. The van der Waals surface area contributed by atoms with E-state index >= 15 is 0 Å². The van der Waals surface area contributed by atoms with E-state index in [2.05, 4.69) is 5.32 Å². The second-order valence-electron chi connectivity index (χ2n) is 9.61. The first kappa shape index (κ1) is 34.3. The number of aromatic carboxylic acids is 1. The van der Waals surface area contributed by atoms with Crippen molar-refractivity contribution >= 4 is 57.8 Å². The molecule has 0 saturated carbocycles. The van der Waals surface area contributed by atoms with Gasteiger partial charge in [0.1, 0.15) is 4.32 Å². The largest absolute Gasteiger partial charge is 0.493 e. The highest BCUT2D eigenvalue weighted by molar-refractivity contribution is 8.26. The van der Waals surface area contributed by atoms with Crippen molar-refractivity contribution in [2.75, 3.05) is 26.1 Å². The number of carbonyl (C=O) groups is 3. The molecule has 3 aromatic carbocycles. The molecule has 0 atom stereocenters. The van der Waals surface area contributed by atoms with E-state index in [4.69, 9.17) is 26.8 Å². The number of carboxylic acid groups (broad SMARTS) is 1. The maximum atomic E-state index is 13.6. The van der Waals surface area contributed by atoms with Crippen LogP contribution in [0.25, 0.3) is 17.2 Å². The number of nitrogens with zero attached hydrogens (tertiary/aromatic N) is 1. The van der Waals surface area contributed by atoms with E-state index in [0.717, 1.165) is 11.8 Å². The number of thioether (sulfide) groups is 1. The molecule has 1 fully saturated rings. The van der Waals surface area contributed by atoms with Crippen LogP contribution in [0.15, 0.2) is 59.5 Å². The Balaban J connectivity index is 1.61. The number of hydrogen-bond donors (Lipinski definition) is 2. The number of methoxy groups -OCH3 is 2. The van der Waals surface area contributed by atoms with Crippen molar-refractivity contribution in [1.82, 2.24) is 4.90 Å². The number of benzene rings is 3. The van der Waals surface area contributed by atoms with Gasteiger partial charge in [-0.15, -0.1) is 0 Å². The molecule has 2 amide bonds. The maximum absolute atomic E-state index is 13.6. The van der Waals surface area contributed by atoms with Crippen molar-refractivity contribution in [2.24, 2.45) is 0 Å². The van der Waals surface area contributed by atoms with Crippen molar-refractivity contribution in [3.05, 3.63) is 81.8 Å². The highest BCUT2D eigenvalue weighted by Gasteiger charge is 2.37. The Labute approximate surface area is 267 Å². The summed E-state index contributed by atoms with van der Waals surface area (Å²) in [5.41, 5.74) is -3.10. The molecule has 1 aliphatic heterocycles. The van der Waals surface area contributed by atoms with Gasteiger partial charge in [0.05, 0.1) is 35.8 Å². The summed E-state index contributed by atoms with van der Waals surface area (Å²) in [6, 6.07) is 9.21. The first-order chi connectivity index (χ1) is 21.5. The summed E-state index contributed by atoms with van der Waals surface area (Å²) in [4.78, 5) is 37.9.